The van der Waals surface area contributed by atoms with Gasteiger partial charge in [-0.25, -0.2) is 9.97 Å². The molecule has 0 saturated carbocycles. The number of fused-ring (bicyclic) bond motifs is 1. The molecule has 1 fully saturated rings. The van der Waals surface area contributed by atoms with Crippen molar-refractivity contribution >= 4 is 17.1 Å². The van der Waals surface area contributed by atoms with Crippen molar-refractivity contribution in [3.05, 3.63) is 24.4 Å². The summed E-state index contributed by atoms with van der Waals surface area (Å²) in [5, 5.41) is 12.1. The van der Waals surface area contributed by atoms with E-state index in [0.717, 1.165) is 24.1 Å². The van der Waals surface area contributed by atoms with Crippen LogP contribution in [0.4, 0.5) is 0 Å². The molecule has 1 aliphatic heterocycles. The Morgan fingerprint density at radius 1 is 1.50 bits per heavy atom. The van der Waals surface area contributed by atoms with Gasteiger partial charge >= 0.3 is 5.97 Å². The zero-order valence-corrected chi connectivity index (χ0v) is 9.67. The summed E-state index contributed by atoms with van der Waals surface area (Å²) < 4.78 is 5.66. The monoisotopic (exact) mass is 247 g/mol. The summed E-state index contributed by atoms with van der Waals surface area (Å²) in [6, 6.07) is 1.29. The van der Waals surface area contributed by atoms with E-state index in [-0.39, 0.29) is 6.04 Å². The minimum atomic E-state index is -0.810. The minimum absolute atomic E-state index is 0.0611. The van der Waals surface area contributed by atoms with Crippen molar-refractivity contribution in [1.29, 1.82) is 0 Å². The number of carboxylic acids is 1. The molecule has 3 heterocycles. The van der Waals surface area contributed by atoms with Gasteiger partial charge in [-0.2, -0.15) is 0 Å². The fourth-order valence-corrected chi connectivity index (χ4v) is 2.33. The van der Waals surface area contributed by atoms with Gasteiger partial charge in [-0.3, -0.25) is 10.1 Å². The van der Waals surface area contributed by atoms with E-state index in [1.165, 1.54) is 6.33 Å². The van der Waals surface area contributed by atoms with Gasteiger partial charge in [0, 0.05) is 6.07 Å². The van der Waals surface area contributed by atoms with Gasteiger partial charge < -0.3 is 9.52 Å². The van der Waals surface area contributed by atoms with Gasteiger partial charge in [0.25, 0.3) is 0 Å². The molecule has 2 aromatic rings. The molecule has 3 rings (SSSR count). The number of carboxylic acid groups (broad SMARTS) is 1. The van der Waals surface area contributed by atoms with E-state index in [2.05, 4.69) is 15.3 Å². The van der Waals surface area contributed by atoms with E-state index in [9.17, 15) is 4.79 Å². The number of hydrogen-bond donors (Lipinski definition) is 2. The normalized spacial score (nSPS) is 24.2. The summed E-state index contributed by atoms with van der Waals surface area (Å²) in [4.78, 5) is 19.0. The molecule has 0 amide bonds. The first-order chi connectivity index (χ1) is 8.74. The largest absolute Gasteiger partial charge is 0.480 e. The molecule has 0 aliphatic carbocycles. The molecule has 6 nitrogen and oxygen atoms in total. The molecule has 6 heteroatoms. The van der Waals surface area contributed by atoms with Crippen molar-refractivity contribution < 1.29 is 14.3 Å². The molecular weight excluding hydrogens is 234 g/mol. The zero-order chi connectivity index (χ0) is 12.5. The number of piperidine rings is 1. The average Bonchev–Trinajstić information content (AvgIpc) is 2.82. The maximum atomic E-state index is 11.0. The molecule has 2 atom stereocenters. The van der Waals surface area contributed by atoms with Crippen molar-refractivity contribution in [3.8, 4) is 0 Å². The molecule has 1 aliphatic rings. The SMILES string of the molecule is O=C(O)C1CCCC(c2cc3ncncc3o2)N1. The van der Waals surface area contributed by atoms with Gasteiger partial charge in [-0.1, -0.05) is 0 Å². The van der Waals surface area contributed by atoms with Crippen molar-refractivity contribution in [2.75, 3.05) is 0 Å². The number of furan rings is 1. The number of hydrogen-bond acceptors (Lipinski definition) is 5. The number of nitrogens with one attached hydrogen (secondary N) is 1. The molecule has 2 N–H and O–H groups in total. The van der Waals surface area contributed by atoms with Gasteiger partial charge in [0.15, 0.2) is 5.58 Å². The number of nitrogens with zero attached hydrogens (tertiary/aromatic N) is 2. The third-order valence-corrected chi connectivity index (χ3v) is 3.24. The van der Waals surface area contributed by atoms with Crippen LogP contribution < -0.4 is 5.32 Å². The lowest BCUT2D eigenvalue weighted by atomic mass is 9.97. The second-order valence-corrected chi connectivity index (χ2v) is 4.46. The molecule has 0 bridgehead atoms. The maximum absolute atomic E-state index is 11.0. The van der Waals surface area contributed by atoms with Crippen LogP contribution in [0, 0.1) is 0 Å². The van der Waals surface area contributed by atoms with E-state index in [4.69, 9.17) is 9.52 Å². The Balaban J connectivity index is 1.87. The Hall–Kier alpha value is -1.95. The first-order valence-electron chi connectivity index (χ1n) is 5.92. The van der Waals surface area contributed by atoms with E-state index >= 15 is 0 Å². The van der Waals surface area contributed by atoms with Crippen LogP contribution in [-0.2, 0) is 4.79 Å². The number of carbonyl (C=O) groups is 1. The smallest absolute Gasteiger partial charge is 0.320 e. The van der Waals surface area contributed by atoms with Crippen LogP contribution in [0.1, 0.15) is 31.1 Å². The highest BCUT2D eigenvalue weighted by molar-refractivity contribution is 5.74. The van der Waals surface area contributed by atoms with Crippen molar-refractivity contribution in [1.82, 2.24) is 15.3 Å². The maximum Gasteiger partial charge on any atom is 0.320 e. The number of aromatic nitrogens is 2. The Labute approximate surface area is 103 Å². The van der Waals surface area contributed by atoms with E-state index in [0.29, 0.717) is 12.0 Å². The molecule has 0 radical (unpaired) electrons. The van der Waals surface area contributed by atoms with Crippen LogP contribution in [0.25, 0.3) is 11.1 Å². The van der Waals surface area contributed by atoms with E-state index in [1.54, 1.807) is 6.20 Å². The van der Waals surface area contributed by atoms with Gasteiger partial charge in [0.2, 0.25) is 0 Å². The molecule has 2 unspecified atom stereocenters. The molecule has 2 aromatic heterocycles. The van der Waals surface area contributed by atoms with E-state index < -0.39 is 12.0 Å². The standard InChI is InChI=1S/C12H13N3O3/c16-12(17)8-3-1-2-7(15-8)10-4-9-11(18-10)5-13-6-14-9/h4-8,15H,1-3H2,(H,16,17). The van der Waals surface area contributed by atoms with Crippen LogP contribution in [0.15, 0.2) is 23.0 Å². The zero-order valence-electron chi connectivity index (χ0n) is 9.67. The Kier molecular flexibility index (Phi) is 2.71. The second-order valence-electron chi connectivity index (χ2n) is 4.46. The molecular formula is C12H13N3O3. The summed E-state index contributed by atoms with van der Waals surface area (Å²) in [6.07, 6.45) is 5.49. The topological polar surface area (TPSA) is 88.2 Å². The van der Waals surface area contributed by atoms with Crippen molar-refractivity contribution in [2.45, 2.75) is 31.3 Å². The van der Waals surface area contributed by atoms with E-state index in [1.807, 2.05) is 6.07 Å². The lowest BCUT2D eigenvalue weighted by Crippen LogP contribution is -2.42. The first-order valence-corrected chi connectivity index (χ1v) is 5.92. The summed E-state index contributed by atoms with van der Waals surface area (Å²) in [6.45, 7) is 0. The summed E-state index contributed by atoms with van der Waals surface area (Å²) in [5.41, 5.74) is 1.38. The quantitative estimate of drug-likeness (QED) is 0.835. The van der Waals surface area contributed by atoms with Crippen molar-refractivity contribution in [2.24, 2.45) is 0 Å². The lowest BCUT2D eigenvalue weighted by molar-refractivity contribution is -0.140. The van der Waals surface area contributed by atoms with Crippen LogP contribution in [0.2, 0.25) is 0 Å². The number of aliphatic carboxylic acids is 1. The highest BCUT2D eigenvalue weighted by Gasteiger charge is 2.28. The summed E-state index contributed by atoms with van der Waals surface area (Å²) in [5.74, 6) is -0.0768. The predicted molar refractivity (Wildman–Crippen MR) is 63.0 cm³/mol. The third-order valence-electron chi connectivity index (χ3n) is 3.24. The van der Waals surface area contributed by atoms with Crippen LogP contribution in [-0.4, -0.2) is 27.1 Å². The molecule has 1 saturated heterocycles. The van der Waals surface area contributed by atoms with Crippen LogP contribution >= 0.6 is 0 Å². The van der Waals surface area contributed by atoms with Gasteiger partial charge in [-0.15, -0.1) is 0 Å². The Morgan fingerprint density at radius 2 is 2.39 bits per heavy atom. The Morgan fingerprint density at radius 3 is 3.17 bits per heavy atom. The number of rotatable bonds is 2. The minimum Gasteiger partial charge on any atom is -0.480 e. The fourth-order valence-electron chi connectivity index (χ4n) is 2.33. The predicted octanol–water partition coefficient (Wildman–Crippen LogP) is 1.49. The molecule has 0 spiro atoms. The lowest BCUT2D eigenvalue weighted by Gasteiger charge is -2.26. The van der Waals surface area contributed by atoms with Crippen molar-refractivity contribution in [3.63, 3.8) is 0 Å². The van der Waals surface area contributed by atoms with Gasteiger partial charge in [-0.05, 0) is 19.3 Å². The van der Waals surface area contributed by atoms with Crippen LogP contribution in [0.3, 0.4) is 0 Å². The fraction of sp³-hybridized carbons (Fsp3) is 0.417. The molecule has 0 aromatic carbocycles. The summed E-state index contributed by atoms with van der Waals surface area (Å²) >= 11 is 0. The highest BCUT2D eigenvalue weighted by atomic mass is 16.4. The third kappa shape index (κ3) is 1.95. The second kappa shape index (κ2) is 4.38. The van der Waals surface area contributed by atoms with Crippen LogP contribution in [0.5, 0.6) is 0 Å². The first kappa shape index (κ1) is 11.2. The molecule has 94 valence electrons. The molecule has 18 heavy (non-hydrogen) atoms. The summed E-state index contributed by atoms with van der Waals surface area (Å²) in [7, 11) is 0. The van der Waals surface area contributed by atoms with Gasteiger partial charge in [0.1, 0.15) is 23.6 Å². The Bertz CT molecular complexity index is 548. The average molecular weight is 247 g/mol. The van der Waals surface area contributed by atoms with Gasteiger partial charge in [0.05, 0.1) is 12.2 Å². The highest BCUT2D eigenvalue weighted by Crippen LogP contribution is 2.29.